The molecule has 0 radical (unpaired) electrons. The number of piperazine rings is 1. The van der Waals surface area contributed by atoms with E-state index >= 15 is 0 Å². The third-order valence-corrected chi connectivity index (χ3v) is 13.5. The molecule has 1 aromatic heterocycles. The monoisotopic (exact) mass is 700 g/mol. The fraction of sp³-hybridized carbons (Fsp3) is 0.667. The number of carbonyl (C=O) groups is 2. The van der Waals surface area contributed by atoms with Gasteiger partial charge in [0.25, 0.3) is 5.91 Å². The van der Waals surface area contributed by atoms with Crippen molar-refractivity contribution in [2.24, 2.45) is 5.92 Å². The van der Waals surface area contributed by atoms with Crippen LogP contribution in [-0.2, 0) is 14.8 Å². The molecule has 1 aliphatic carbocycles. The van der Waals surface area contributed by atoms with Crippen molar-refractivity contribution < 1.29 is 27.5 Å². The Hall–Kier alpha value is -3.00. The number of sulfonamides is 1. The first-order valence-corrected chi connectivity index (χ1v) is 19.3. The topological polar surface area (TPSA) is 127 Å². The van der Waals surface area contributed by atoms with E-state index in [0.717, 1.165) is 75.1 Å². The summed E-state index contributed by atoms with van der Waals surface area (Å²) >= 11 is 0. The first-order valence-electron chi connectivity index (χ1n) is 17.8. The summed E-state index contributed by atoms with van der Waals surface area (Å²) in [4.78, 5) is 38.4. The van der Waals surface area contributed by atoms with E-state index < -0.39 is 16.0 Å². The van der Waals surface area contributed by atoms with Gasteiger partial charge < -0.3 is 10.0 Å². The van der Waals surface area contributed by atoms with Crippen molar-refractivity contribution in [1.82, 2.24) is 29.0 Å². The van der Waals surface area contributed by atoms with E-state index in [9.17, 15) is 22.4 Å². The van der Waals surface area contributed by atoms with Gasteiger partial charge in [-0.15, -0.1) is 0 Å². The molecule has 2 aromatic rings. The molecule has 0 bridgehead atoms. The molecule has 1 N–H and O–H groups in total. The van der Waals surface area contributed by atoms with Crippen LogP contribution in [0.4, 0.5) is 4.39 Å². The Morgan fingerprint density at radius 2 is 1.61 bits per heavy atom. The minimum atomic E-state index is -3.18. The molecular formula is C36H53FN6O5S. The average Bonchev–Trinajstić information content (AvgIpc) is 3.93. The van der Waals surface area contributed by atoms with Crippen molar-refractivity contribution in [3.8, 4) is 0 Å². The maximum atomic E-state index is 14.5. The van der Waals surface area contributed by atoms with Crippen LogP contribution in [0.2, 0.25) is 0 Å². The predicted octanol–water partition coefficient (Wildman–Crippen LogP) is 4.66. The molecule has 270 valence electrons. The number of carbonyl (C=O) groups excluding carboxylic acids is 1. The van der Waals surface area contributed by atoms with Gasteiger partial charge in [0.05, 0.1) is 22.2 Å². The Morgan fingerprint density at radius 1 is 1.00 bits per heavy atom. The van der Waals surface area contributed by atoms with Crippen LogP contribution in [0.25, 0.3) is 0 Å². The number of aliphatic carboxylic acids is 1. The smallest absolute Gasteiger partial charge is 0.303 e. The number of aromatic nitrogens is 2. The Morgan fingerprint density at radius 3 is 2.14 bits per heavy atom. The average molecular weight is 701 g/mol. The summed E-state index contributed by atoms with van der Waals surface area (Å²) in [5, 5.41) is 7.54. The second-order valence-corrected chi connectivity index (χ2v) is 16.7. The van der Waals surface area contributed by atoms with Gasteiger partial charge in [0.15, 0.2) is 0 Å². The Bertz CT molecular complexity index is 1570. The summed E-state index contributed by atoms with van der Waals surface area (Å²) in [5.41, 5.74) is 3.05. The number of hydrogen-bond acceptors (Lipinski definition) is 8. The zero-order valence-corrected chi connectivity index (χ0v) is 30.5. The number of hydrogen-bond donors (Lipinski definition) is 1. The van der Waals surface area contributed by atoms with Crippen LogP contribution in [0.5, 0.6) is 0 Å². The minimum absolute atomic E-state index is 0.00866. The lowest BCUT2D eigenvalue weighted by Gasteiger charge is -2.54. The molecule has 4 fully saturated rings. The van der Waals surface area contributed by atoms with Crippen molar-refractivity contribution in [2.45, 2.75) is 102 Å². The van der Waals surface area contributed by atoms with Crippen molar-refractivity contribution in [3.05, 3.63) is 58.9 Å². The van der Waals surface area contributed by atoms with Gasteiger partial charge >= 0.3 is 5.97 Å². The summed E-state index contributed by atoms with van der Waals surface area (Å²) in [7, 11) is -3.18. The largest absolute Gasteiger partial charge is 0.481 e. The fourth-order valence-electron chi connectivity index (χ4n) is 7.89. The summed E-state index contributed by atoms with van der Waals surface area (Å²) in [6.07, 6.45) is 6.67. The lowest BCUT2D eigenvalue weighted by atomic mass is 9.82. The van der Waals surface area contributed by atoms with Crippen molar-refractivity contribution >= 4 is 21.9 Å². The van der Waals surface area contributed by atoms with Gasteiger partial charge in [0, 0.05) is 69.9 Å². The van der Waals surface area contributed by atoms with Gasteiger partial charge in [-0.25, -0.2) is 27.1 Å². The summed E-state index contributed by atoms with van der Waals surface area (Å²) in [5.74, 6) is -0.691. The van der Waals surface area contributed by atoms with Crippen LogP contribution in [-0.4, -0.2) is 117 Å². The predicted molar refractivity (Wildman–Crippen MR) is 186 cm³/mol. The normalized spacial score (nSPS) is 23.4. The number of rotatable bonds is 8. The lowest BCUT2D eigenvalue weighted by molar-refractivity contribution is -0.136. The summed E-state index contributed by atoms with van der Waals surface area (Å²) in [6.45, 7) is 15.1. The third kappa shape index (κ3) is 8.49. The molecule has 3 saturated heterocycles. The third-order valence-electron chi connectivity index (χ3n) is 11.1. The molecule has 4 aliphatic rings. The molecule has 1 amide bonds. The van der Waals surface area contributed by atoms with E-state index in [1.165, 1.54) is 12.4 Å². The second kappa shape index (κ2) is 15.5. The molecule has 13 heteroatoms. The van der Waals surface area contributed by atoms with E-state index in [0.29, 0.717) is 31.7 Å². The lowest BCUT2D eigenvalue weighted by Crippen LogP contribution is -2.63. The Kier molecular flexibility index (Phi) is 11.8. The second-order valence-electron chi connectivity index (χ2n) is 14.5. The van der Waals surface area contributed by atoms with Crippen LogP contribution in [0.3, 0.4) is 0 Å². The van der Waals surface area contributed by atoms with Crippen LogP contribution >= 0.6 is 0 Å². The SMILES string of the molecule is CCC(=O)O.Cc1ncnc(C)c1C(=O)N1CCC(C)(N2CCN([C@H](c3cccc(F)c3)C3CCN(S(=O)(=O)C4CC4)CC3)[C@H](C)C2)CC1. The number of amides is 1. The molecule has 4 heterocycles. The zero-order chi connectivity index (χ0) is 35.5. The number of likely N-dealkylation sites (tertiary alicyclic amines) is 1. The molecule has 6 rings (SSSR count). The standard InChI is InChI=1S/C33H47FN6O3S.C3H6O2/c1-23-21-38(33(4)12-16-37(17-13-33)32(41)30-24(2)35-22-36-25(30)3)18-19-40(23)31(27-6-5-7-28(34)20-27)26-10-14-39(15-11-26)44(42,43)29-8-9-29;1-2-3(4)5/h5-7,20,22-23,26,29,31H,8-19,21H2,1-4H3;2H2,1H3,(H,4,5)/t23-,31+;/m1./s1. The van der Waals surface area contributed by atoms with Crippen LogP contribution in [0, 0.1) is 25.6 Å². The van der Waals surface area contributed by atoms with Gasteiger partial charge in [0.1, 0.15) is 12.1 Å². The Balaban J connectivity index is 0.000000874. The van der Waals surface area contributed by atoms with Gasteiger partial charge in [-0.2, -0.15) is 0 Å². The first-order chi connectivity index (χ1) is 23.2. The van der Waals surface area contributed by atoms with Crippen LogP contribution in [0.15, 0.2) is 30.6 Å². The zero-order valence-electron chi connectivity index (χ0n) is 29.6. The molecule has 1 aromatic carbocycles. The number of aryl methyl sites for hydroxylation is 2. The van der Waals surface area contributed by atoms with E-state index in [1.54, 1.807) is 23.4 Å². The van der Waals surface area contributed by atoms with Crippen molar-refractivity contribution in [3.63, 3.8) is 0 Å². The van der Waals surface area contributed by atoms with Gasteiger partial charge in [-0.05, 0) is 89.8 Å². The maximum absolute atomic E-state index is 14.5. The number of nitrogens with zero attached hydrogens (tertiary/aromatic N) is 6. The van der Waals surface area contributed by atoms with Gasteiger partial charge in [-0.3, -0.25) is 19.4 Å². The molecule has 0 unspecified atom stereocenters. The molecule has 11 nitrogen and oxygen atoms in total. The highest BCUT2D eigenvalue weighted by molar-refractivity contribution is 7.90. The number of halogens is 1. The number of benzene rings is 1. The maximum Gasteiger partial charge on any atom is 0.303 e. The fourth-order valence-corrected chi connectivity index (χ4v) is 9.76. The molecule has 0 spiro atoms. The molecule has 3 aliphatic heterocycles. The highest BCUT2D eigenvalue weighted by atomic mass is 32.2. The van der Waals surface area contributed by atoms with Crippen LogP contribution < -0.4 is 0 Å². The van der Waals surface area contributed by atoms with E-state index in [-0.39, 0.29) is 46.9 Å². The molecule has 2 atom stereocenters. The van der Waals surface area contributed by atoms with Crippen molar-refractivity contribution in [2.75, 3.05) is 45.8 Å². The summed E-state index contributed by atoms with van der Waals surface area (Å²) in [6, 6.07) is 7.29. The first kappa shape index (κ1) is 37.3. The van der Waals surface area contributed by atoms with E-state index in [4.69, 9.17) is 5.11 Å². The Labute approximate surface area is 290 Å². The van der Waals surface area contributed by atoms with Crippen molar-refractivity contribution in [1.29, 1.82) is 0 Å². The van der Waals surface area contributed by atoms with Crippen LogP contribution in [0.1, 0.15) is 99.1 Å². The minimum Gasteiger partial charge on any atom is -0.481 e. The molecule has 1 saturated carbocycles. The van der Waals surface area contributed by atoms with Gasteiger partial charge in [0.2, 0.25) is 10.0 Å². The highest BCUT2D eigenvalue weighted by Gasteiger charge is 2.45. The number of piperidine rings is 2. The quantitative estimate of drug-likeness (QED) is 0.419. The number of carboxylic acid groups (broad SMARTS) is 1. The van der Waals surface area contributed by atoms with E-state index in [1.807, 2.05) is 24.8 Å². The van der Waals surface area contributed by atoms with Gasteiger partial charge in [-0.1, -0.05) is 19.1 Å². The highest BCUT2D eigenvalue weighted by Crippen LogP contribution is 2.41. The molecule has 49 heavy (non-hydrogen) atoms. The molecular weight excluding hydrogens is 647 g/mol. The van der Waals surface area contributed by atoms with E-state index in [2.05, 4.69) is 33.6 Å². The summed E-state index contributed by atoms with van der Waals surface area (Å²) < 4.78 is 42.0. The number of carboxylic acids is 1.